The van der Waals surface area contributed by atoms with Gasteiger partial charge < -0.3 is 20.3 Å². The fourth-order valence-corrected chi connectivity index (χ4v) is 3.20. The molecule has 9 heteroatoms. The van der Waals surface area contributed by atoms with E-state index < -0.39 is 6.03 Å². The van der Waals surface area contributed by atoms with Crippen LogP contribution >= 0.6 is 11.6 Å². The Bertz CT molecular complexity index is 1140. The van der Waals surface area contributed by atoms with E-state index in [1.807, 2.05) is 51.1 Å². The highest BCUT2D eigenvalue weighted by Gasteiger charge is 2.22. The Balaban J connectivity index is 1.74. The fourth-order valence-electron chi connectivity index (χ4n) is 3.01. The van der Waals surface area contributed by atoms with Crippen molar-refractivity contribution in [1.29, 1.82) is 0 Å². The minimum atomic E-state index is -0.425. The number of aromatic nitrogens is 2. The van der Waals surface area contributed by atoms with Crippen LogP contribution in [0.5, 0.6) is 5.75 Å². The van der Waals surface area contributed by atoms with Gasteiger partial charge in [0.05, 0.1) is 18.5 Å². The zero-order chi connectivity index (χ0) is 24.2. The normalized spacial score (nSPS) is 11.1. The number of ether oxygens (including phenoxy) is 1. The van der Waals surface area contributed by atoms with E-state index in [0.717, 1.165) is 17.1 Å². The lowest BCUT2D eigenvalue weighted by molar-refractivity contribution is -0.116. The Morgan fingerprint density at radius 1 is 1.09 bits per heavy atom. The Hall–Kier alpha value is -3.52. The van der Waals surface area contributed by atoms with E-state index in [0.29, 0.717) is 16.5 Å². The summed E-state index contributed by atoms with van der Waals surface area (Å²) in [5.41, 5.74) is 1.92. The predicted octanol–water partition coefficient (Wildman–Crippen LogP) is 4.93. The number of hydrogen-bond acceptors (Lipinski definition) is 4. The Morgan fingerprint density at radius 3 is 2.39 bits per heavy atom. The Kier molecular flexibility index (Phi) is 7.28. The number of rotatable bonds is 6. The van der Waals surface area contributed by atoms with Crippen LogP contribution in [-0.4, -0.2) is 47.3 Å². The average molecular weight is 470 g/mol. The Morgan fingerprint density at radius 2 is 1.79 bits per heavy atom. The summed E-state index contributed by atoms with van der Waals surface area (Å²) in [4.78, 5) is 26.5. The number of hydrogen-bond donors (Lipinski definition) is 2. The number of nitrogens with zero attached hydrogens (tertiary/aromatic N) is 3. The topological polar surface area (TPSA) is 88.5 Å². The number of urea groups is 1. The summed E-state index contributed by atoms with van der Waals surface area (Å²) in [6.07, 6.45) is 0. The maximum Gasteiger partial charge on any atom is 0.322 e. The highest BCUT2D eigenvalue weighted by atomic mass is 35.5. The van der Waals surface area contributed by atoms with E-state index in [-0.39, 0.29) is 17.9 Å². The van der Waals surface area contributed by atoms with Crippen molar-refractivity contribution < 1.29 is 14.3 Å². The van der Waals surface area contributed by atoms with Gasteiger partial charge in [-0.25, -0.2) is 9.48 Å². The largest absolute Gasteiger partial charge is 0.497 e. The summed E-state index contributed by atoms with van der Waals surface area (Å²) >= 11 is 5.95. The number of halogens is 1. The molecule has 1 heterocycles. The van der Waals surface area contributed by atoms with Crippen LogP contribution in [0.1, 0.15) is 26.5 Å². The van der Waals surface area contributed by atoms with Gasteiger partial charge in [0.1, 0.15) is 18.1 Å². The molecule has 0 fully saturated rings. The maximum absolute atomic E-state index is 12.8. The van der Waals surface area contributed by atoms with Crippen LogP contribution in [-0.2, 0) is 10.2 Å². The summed E-state index contributed by atoms with van der Waals surface area (Å²) in [7, 11) is 3.14. The molecule has 174 valence electrons. The molecule has 0 spiro atoms. The number of carbonyl (C=O) groups is 2. The maximum atomic E-state index is 12.8. The molecule has 0 bridgehead atoms. The highest BCUT2D eigenvalue weighted by molar-refractivity contribution is 6.30. The Labute approximate surface area is 198 Å². The van der Waals surface area contributed by atoms with Gasteiger partial charge in [0.15, 0.2) is 0 Å². The summed E-state index contributed by atoms with van der Waals surface area (Å²) in [5.74, 6) is 0.882. The van der Waals surface area contributed by atoms with Crippen molar-refractivity contribution in [2.45, 2.75) is 26.2 Å². The number of methoxy groups -OCH3 is 1. The van der Waals surface area contributed by atoms with Gasteiger partial charge in [-0.3, -0.25) is 4.79 Å². The monoisotopic (exact) mass is 469 g/mol. The molecule has 3 rings (SSSR count). The molecule has 3 aromatic rings. The molecule has 33 heavy (non-hydrogen) atoms. The van der Waals surface area contributed by atoms with E-state index in [1.54, 1.807) is 43.1 Å². The second-order valence-electron chi connectivity index (χ2n) is 8.62. The SMILES string of the molecule is COc1ccc(-n2nc(C(C)(C)C)cc2NC(=O)CN(C)C(=O)Nc2cccc(Cl)c2)cc1. The van der Waals surface area contributed by atoms with Crippen LogP contribution in [0.4, 0.5) is 16.3 Å². The fraction of sp³-hybridized carbons (Fsp3) is 0.292. The van der Waals surface area contributed by atoms with Crippen LogP contribution in [0.2, 0.25) is 5.02 Å². The number of nitrogens with one attached hydrogen (secondary N) is 2. The molecule has 0 saturated heterocycles. The number of anilines is 2. The molecular formula is C24H28ClN5O3. The van der Waals surface area contributed by atoms with Crippen molar-refractivity contribution >= 4 is 35.0 Å². The third kappa shape index (κ3) is 6.26. The van der Waals surface area contributed by atoms with E-state index >= 15 is 0 Å². The standard InChI is InChI=1S/C24H28ClN5O3/c1-24(2,3)20-14-21(30(28-20)18-9-11-19(33-5)12-10-18)27-22(31)15-29(4)23(32)26-17-8-6-7-16(25)13-17/h6-14H,15H2,1-5H3,(H,26,32)(H,27,31). The third-order valence-corrected chi connectivity index (χ3v) is 5.10. The molecule has 0 atom stereocenters. The molecule has 0 aliphatic heterocycles. The van der Waals surface area contributed by atoms with Crippen molar-refractivity contribution in [3.8, 4) is 11.4 Å². The van der Waals surface area contributed by atoms with Crippen molar-refractivity contribution in [2.24, 2.45) is 0 Å². The summed E-state index contributed by atoms with van der Waals surface area (Å²) in [6.45, 7) is 6.00. The lowest BCUT2D eigenvalue weighted by Gasteiger charge is -2.18. The van der Waals surface area contributed by atoms with Crippen molar-refractivity contribution in [2.75, 3.05) is 31.3 Å². The molecule has 1 aromatic heterocycles. The second kappa shape index (κ2) is 9.95. The zero-order valence-corrected chi connectivity index (χ0v) is 20.1. The third-order valence-electron chi connectivity index (χ3n) is 4.87. The van der Waals surface area contributed by atoms with E-state index in [9.17, 15) is 9.59 Å². The molecule has 0 saturated carbocycles. The summed E-state index contributed by atoms with van der Waals surface area (Å²) in [5, 5.41) is 10.8. The van der Waals surface area contributed by atoms with E-state index in [2.05, 4.69) is 10.6 Å². The zero-order valence-electron chi connectivity index (χ0n) is 19.3. The summed E-state index contributed by atoms with van der Waals surface area (Å²) < 4.78 is 6.90. The van der Waals surface area contributed by atoms with Gasteiger partial charge in [-0.1, -0.05) is 38.4 Å². The molecule has 0 aliphatic carbocycles. The van der Waals surface area contributed by atoms with Crippen LogP contribution in [0, 0.1) is 0 Å². The minimum Gasteiger partial charge on any atom is -0.497 e. The van der Waals surface area contributed by atoms with Crippen LogP contribution < -0.4 is 15.4 Å². The molecule has 2 aromatic carbocycles. The van der Waals surface area contributed by atoms with Gasteiger partial charge in [-0.15, -0.1) is 0 Å². The first-order chi connectivity index (χ1) is 15.6. The molecule has 0 unspecified atom stereocenters. The van der Waals surface area contributed by atoms with E-state index in [1.165, 1.54) is 4.90 Å². The molecular weight excluding hydrogens is 442 g/mol. The minimum absolute atomic E-state index is 0.148. The predicted molar refractivity (Wildman–Crippen MR) is 131 cm³/mol. The number of carbonyl (C=O) groups excluding carboxylic acids is 2. The van der Waals surface area contributed by atoms with Gasteiger partial charge in [-0.2, -0.15) is 5.10 Å². The first-order valence-corrected chi connectivity index (χ1v) is 10.8. The second-order valence-corrected chi connectivity index (χ2v) is 9.06. The number of benzene rings is 2. The number of likely N-dealkylation sites (N-methyl/N-ethyl adjacent to an activating group) is 1. The molecule has 3 amide bonds. The van der Waals surface area contributed by atoms with Crippen LogP contribution in [0.3, 0.4) is 0 Å². The van der Waals surface area contributed by atoms with Crippen LogP contribution in [0.25, 0.3) is 5.69 Å². The van der Waals surface area contributed by atoms with Gasteiger partial charge in [-0.05, 0) is 42.5 Å². The van der Waals surface area contributed by atoms with Crippen molar-refractivity contribution in [3.05, 3.63) is 65.3 Å². The van der Waals surface area contributed by atoms with Crippen molar-refractivity contribution in [1.82, 2.24) is 14.7 Å². The smallest absolute Gasteiger partial charge is 0.322 e. The lowest BCUT2D eigenvalue weighted by atomic mass is 9.92. The molecule has 0 aliphatic rings. The molecule has 2 N–H and O–H groups in total. The van der Waals surface area contributed by atoms with Gasteiger partial charge >= 0.3 is 6.03 Å². The van der Waals surface area contributed by atoms with E-state index in [4.69, 9.17) is 21.4 Å². The van der Waals surface area contributed by atoms with Gasteiger partial charge in [0.25, 0.3) is 0 Å². The highest BCUT2D eigenvalue weighted by Crippen LogP contribution is 2.27. The quantitative estimate of drug-likeness (QED) is 0.535. The molecule has 0 radical (unpaired) electrons. The molecule has 8 nitrogen and oxygen atoms in total. The summed E-state index contributed by atoms with van der Waals surface area (Å²) in [6, 6.07) is 15.6. The average Bonchev–Trinajstić information content (AvgIpc) is 3.18. The lowest BCUT2D eigenvalue weighted by Crippen LogP contribution is -2.37. The van der Waals surface area contributed by atoms with Crippen LogP contribution in [0.15, 0.2) is 54.6 Å². The van der Waals surface area contributed by atoms with Gasteiger partial charge in [0, 0.05) is 29.2 Å². The van der Waals surface area contributed by atoms with Gasteiger partial charge in [0.2, 0.25) is 5.91 Å². The van der Waals surface area contributed by atoms with Crippen molar-refractivity contribution in [3.63, 3.8) is 0 Å². The number of amides is 3. The first-order valence-electron chi connectivity index (χ1n) is 10.4. The first kappa shape index (κ1) is 24.1.